The highest BCUT2D eigenvalue weighted by molar-refractivity contribution is 7.89. The van der Waals surface area contributed by atoms with Gasteiger partial charge in [-0.3, -0.25) is 0 Å². The van der Waals surface area contributed by atoms with Crippen molar-refractivity contribution in [2.45, 2.75) is 17.4 Å². The van der Waals surface area contributed by atoms with Gasteiger partial charge in [-0.2, -0.15) is 0 Å². The minimum Gasteiger partial charge on any atom is -0.399 e. The number of fused-ring (bicyclic) bond motifs is 1. The van der Waals surface area contributed by atoms with E-state index >= 15 is 0 Å². The van der Waals surface area contributed by atoms with Gasteiger partial charge in [0.2, 0.25) is 10.0 Å². The minimum absolute atomic E-state index is 0.127. The summed E-state index contributed by atoms with van der Waals surface area (Å²) in [5.74, 6) is 0. The number of ether oxygens (including phenoxy) is 1. The van der Waals surface area contributed by atoms with Crippen LogP contribution in [0.2, 0.25) is 0 Å². The van der Waals surface area contributed by atoms with E-state index in [0.717, 1.165) is 0 Å². The van der Waals surface area contributed by atoms with Crippen LogP contribution in [0.3, 0.4) is 0 Å². The van der Waals surface area contributed by atoms with Crippen molar-refractivity contribution in [3.63, 3.8) is 0 Å². The summed E-state index contributed by atoms with van der Waals surface area (Å²) in [4.78, 5) is 3.04. The maximum atomic E-state index is 12.3. The average Bonchev–Trinajstić information content (AvgIpc) is 2.82. The molecule has 5 N–H and O–H groups in total. The van der Waals surface area contributed by atoms with E-state index in [1.54, 1.807) is 18.2 Å². The molecule has 0 saturated heterocycles. The molecule has 1 heterocycles. The predicted molar refractivity (Wildman–Crippen MR) is 80.4 cm³/mol. The van der Waals surface area contributed by atoms with Gasteiger partial charge in [-0.25, -0.2) is 13.1 Å². The summed E-state index contributed by atoms with van der Waals surface area (Å²) >= 11 is 0. The van der Waals surface area contributed by atoms with Gasteiger partial charge in [0.25, 0.3) is 0 Å². The number of anilines is 1. The number of sulfonamides is 1. The minimum atomic E-state index is -3.66. The van der Waals surface area contributed by atoms with Crippen LogP contribution in [-0.2, 0) is 14.8 Å². The zero-order chi connectivity index (χ0) is 15.5. The number of rotatable bonds is 7. The number of nitrogens with one attached hydrogen (secondary N) is 2. The molecule has 2 aromatic rings. The Kier molecular flexibility index (Phi) is 4.84. The monoisotopic (exact) mass is 313 g/mol. The van der Waals surface area contributed by atoms with Crippen LogP contribution in [0.25, 0.3) is 10.9 Å². The summed E-state index contributed by atoms with van der Waals surface area (Å²) in [7, 11) is -2.18. The van der Waals surface area contributed by atoms with Gasteiger partial charge in [-0.15, -0.1) is 0 Å². The van der Waals surface area contributed by atoms with E-state index in [1.165, 1.54) is 13.3 Å². The first-order chi connectivity index (χ1) is 9.94. The van der Waals surface area contributed by atoms with E-state index < -0.39 is 16.1 Å². The van der Waals surface area contributed by atoms with Crippen molar-refractivity contribution < 1.29 is 18.3 Å². The van der Waals surface area contributed by atoms with Crippen molar-refractivity contribution in [2.75, 3.05) is 26.0 Å². The third kappa shape index (κ3) is 3.73. The number of aromatic nitrogens is 1. The molecular weight excluding hydrogens is 294 g/mol. The Morgan fingerprint density at radius 3 is 2.95 bits per heavy atom. The highest BCUT2D eigenvalue weighted by Gasteiger charge is 2.19. The third-order valence-electron chi connectivity index (χ3n) is 3.09. The molecule has 0 fully saturated rings. The zero-order valence-corrected chi connectivity index (χ0v) is 12.5. The molecule has 2 rings (SSSR count). The largest absolute Gasteiger partial charge is 0.399 e. The average molecular weight is 313 g/mol. The van der Waals surface area contributed by atoms with Crippen LogP contribution in [0.5, 0.6) is 0 Å². The van der Waals surface area contributed by atoms with E-state index in [2.05, 4.69) is 9.71 Å². The van der Waals surface area contributed by atoms with Crippen LogP contribution in [0.1, 0.15) is 6.42 Å². The van der Waals surface area contributed by atoms with E-state index in [1.807, 2.05) is 0 Å². The summed E-state index contributed by atoms with van der Waals surface area (Å²) in [6.07, 6.45) is 1.01. The molecule has 0 aliphatic rings. The molecule has 0 amide bonds. The molecule has 1 atom stereocenters. The molecule has 0 saturated carbocycles. The molecule has 7 nitrogen and oxygen atoms in total. The number of nitrogen functional groups attached to an aromatic ring is 1. The fourth-order valence-corrected chi connectivity index (χ4v) is 3.26. The highest BCUT2D eigenvalue weighted by Crippen LogP contribution is 2.24. The summed E-state index contributed by atoms with van der Waals surface area (Å²) in [5, 5.41) is 10.0. The molecule has 0 radical (unpaired) electrons. The van der Waals surface area contributed by atoms with Crippen LogP contribution in [0.4, 0.5) is 5.69 Å². The van der Waals surface area contributed by atoms with Gasteiger partial charge >= 0.3 is 0 Å². The van der Waals surface area contributed by atoms with E-state index in [0.29, 0.717) is 16.6 Å². The zero-order valence-electron chi connectivity index (χ0n) is 11.7. The number of benzene rings is 1. The van der Waals surface area contributed by atoms with Gasteiger partial charge in [-0.1, -0.05) is 0 Å². The van der Waals surface area contributed by atoms with Crippen molar-refractivity contribution in [1.82, 2.24) is 9.71 Å². The number of aliphatic hydroxyl groups excluding tert-OH is 1. The maximum Gasteiger partial charge on any atom is 0.242 e. The first kappa shape index (κ1) is 15.8. The van der Waals surface area contributed by atoms with Crippen molar-refractivity contribution >= 4 is 26.6 Å². The summed E-state index contributed by atoms with van der Waals surface area (Å²) in [5.41, 5.74) is 6.88. The van der Waals surface area contributed by atoms with Crippen LogP contribution < -0.4 is 10.5 Å². The van der Waals surface area contributed by atoms with Gasteiger partial charge < -0.3 is 20.6 Å². The lowest BCUT2D eigenvalue weighted by Crippen LogP contribution is -2.28. The number of nitrogens with two attached hydrogens (primary N) is 1. The Bertz CT molecular complexity index is 711. The SMILES string of the molecule is COCC(O)CCNS(=O)(=O)c1c[nH]c2ccc(N)cc12. The number of hydrogen-bond donors (Lipinski definition) is 4. The van der Waals surface area contributed by atoms with Gasteiger partial charge in [0.1, 0.15) is 4.90 Å². The fraction of sp³-hybridized carbons (Fsp3) is 0.385. The maximum absolute atomic E-state index is 12.3. The fourth-order valence-electron chi connectivity index (χ4n) is 2.05. The number of methoxy groups -OCH3 is 1. The number of aromatic amines is 1. The van der Waals surface area contributed by atoms with Crippen molar-refractivity contribution in [1.29, 1.82) is 0 Å². The number of H-pyrrole nitrogens is 1. The Morgan fingerprint density at radius 2 is 2.24 bits per heavy atom. The van der Waals surface area contributed by atoms with Crippen molar-refractivity contribution in [3.8, 4) is 0 Å². The first-order valence-electron chi connectivity index (χ1n) is 6.47. The highest BCUT2D eigenvalue weighted by atomic mass is 32.2. The van der Waals surface area contributed by atoms with E-state index in [4.69, 9.17) is 10.5 Å². The Morgan fingerprint density at radius 1 is 1.48 bits per heavy atom. The molecule has 0 aliphatic carbocycles. The van der Waals surface area contributed by atoms with Crippen LogP contribution in [-0.4, -0.2) is 44.9 Å². The standard InChI is InChI=1S/C13H19N3O4S/c1-20-8-10(17)4-5-16-21(18,19)13-7-15-12-3-2-9(14)6-11(12)13/h2-3,6-7,10,15-17H,4-5,8,14H2,1H3. The molecule has 1 aromatic heterocycles. The predicted octanol–water partition coefficient (Wildman–Crippen LogP) is 0.426. The molecule has 116 valence electrons. The van der Waals surface area contributed by atoms with Crippen molar-refractivity contribution in [3.05, 3.63) is 24.4 Å². The molecule has 8 heteroatoms. The third-order valence-corrected chi connectivity index (χ3v) is 4.59. The summed E-state index contributed by atoms with van der Waals surface area (Å²) in [6, 6.07) is 5.04. The molecule has 0 aliphatic heterocycles. The Balaban J connectivity index is 2.13. The first-order valence-corrected chi connectivity index (χ1v) is 7.95. The van der Waals surface area contributed by atoms with Crippen LogP contribution in [0.15, 0.2) is 29.3 Å². The lowest BCUT2D eigenvalue weighted by molar-refractivity contribution is 0.0603. The molecule has 0 spiro atoms. The van der Waals surface area contributed by atoms with Gasteiger partial charge in [-0.05, 0) is 24.6 Å². The Labute approximate surface area is 123 Å². The molecule has 1 aromatic carbocycles. The molecular formula is C13H19N3O4S. The van der Waals surface area contributed by atoms with Gasteiger partial charge in [0, 0.05) is 36.4 Å². The van der Waals surface area contributed by atoms with Crippen LogP contribution in [0, 0.1) is 0 Å². The second-order valence-electron chi connectivity index (χ2n) is 4.75. The molecule has 0 bridgehead atoms. The molecule has 1 unspecified atom stereocenters. The van der Waals surface area contributed by atoms with Crippen LogP contribution >= 0.6 is 0 Å². The normalized spacial score (nSPS) is 13.6. The second kappa shape index (κ2) is 6.44. The van der Waals surface area contributed by atoms with Gasteiger partial charge in [0.15, 0.2) is 0 Å². The smallest absolute Gasteiger partial charge is 0.242 e. The van der Waals surface area contributed by atoms with Gasteiger partial charge in [0.05, 0.1) is 12.7 Å². The Hall–Kier alpha value is -1.61. The molecule has 21 heavy (non-hydrogen) atoms. The summed E-state index contributed by atoms with van der Waals surface area (Å²) < 4.78 is 31.8. The quantitative estimate of drug-likeness (QED) is 0.553. The second-order valence-corrected chi connectivity index (χ2v) is 6.49. The van der Waals surface area contributed by atoms with E-state index in [-0.39, 0.29) is 24.5 Å². The summed E-state index contributed by atoms with van der Waals surface area (Å²) in [6.45, 7) is 0.299. The van der Waals surface area contributed by atoms with E-state index in [9.17, 15) is 13.5 Å². The number of hydrogen-bond acceptors (Lipinski definition) is 5. The number of aliphatic hydroxyl groups is 1. The lowest BCUT2D eigenvalue weighted by atomic mass is 10.2. The topological polar surface area (TPSA) is 117 Å². The van der Waals surface area contributed by atoms with Crippen molar-refractivity contribution in [2.24, 2.45) is 0 Å². The lowest BCUT2D eigenvalue weighted by Gasteiger charge is -2.10.